The molecule has 0 saturated heterocycles. The molecule has 2 aromatic carbocycles. The number of hydrogen-bond donors (Lipinski definition) is 2. The summed E-state index contributed by atoms with van der Waals surface area (Å²) in [4.78, 5) is 12.3. The van der Waals surface area contributed by atoms with E-state index in [0.29, 0.717) is 27.5 Å². The Morgan fingerprint density at radius 2 is 2.00 bits per heavy atom. The largest absolute Gasteiger partial charge is 0.463 e. The summed E-state index contributed by atoms with van der Waals surface area (Å²) in [7, 11) is 0. The molecule has 100 valence electrons. The smallest absolute Gasteiger partial charge is 0.259 e. The lowest BCUT2D eigenvalue weighted by atomic mass is 10.1. The van der Waals surface area contributed by atoms with Crippen molar-refractivity contribution in [3.05, 3.63) is 59.3 Å². The van der Waals surface area contributed by atoms with Crippen LogP contribution < -0.4 is 11.1 Å². The molecule has 1 aromatic heterocycles. The highest BCUT2D eigenvalue weighted by molar-refractivity contribution is 6.34. The van der Waals surface area contributed by atoms with Crippen molar-refractivity contribution in [2.45, 2.75) is 0 Å². The van der Waals surface area contributed by atoms with E-state index >= 15 is 0 Å². The number of benzene rings is 2. The van der Waals surface area contributed by atoms with Crippen LogP contribution in [0.1, 0.15) is 10.4 Å². The zero-order chi connectivity index (χ0) is 14.1. The molecule has 0 radical (unpaired) electrons. The van der Waals surface area contributed by atoms with Gasteiger partial charge in [-0.25, -0.2) is 0 Å². The highest BCUT2D eigenvalue weighted by Gasteiger charge is 2.14. The zero-order valence-corrected chi connectivity index (χ0v) is 11.1. The maximum absolute atomic E-state index is 12.3. The van der Waals surface area contributed by atoms with Crippen LogP contribution in [-0.4, -0.2) is 5.91 Å². The topological polar surface area (TPSA) is 68.3 Å². The average Bonchev–Trinajstić information content (AvgIpc) is 2.86. The lowest BCUT2D eigenvalue weighted by Crippen LogP contribution is -2.11. The van der Waals surface area contributed by atoms with Crippen molar-refractivity contribution in [1.29, 1.82) is 0 Å². The molecule has 4 nitrogen and oxygen atoms in total. The van der Waals surface area contributed by atoms with Crippen molar-refractivity contribution in [1.82, 2.24) is 0 Å². The number of carbonyl (C=O) groups is 1. The van der Waals surface area contributed by atoms with Gasteiger partial charge in [-0.05, 0) is 24.3 Å². The van der Waals surface area contributed by atoms with Gasteiger partial charge in [0.1, 0.15) is 11.8 Å². The Morgan fingerprint density at radius 1 is 1.20 bits per heavy atom. The van der Waals surface area contributed by atoms with Crippen molar-refractivity contribution in [3.63, 3.8) is 0 Å². The van der Waals surface area contributed by atoms with Crippen LogP contribution in [0.15, 0.2) is 53.1 Å². The zero-order valence-electron chi connectivity index (χ0n) is 10.4. The van der Waals surface area contributed by atoms with Crippen LogP contribution in [0, 0.1) is 0 Å². The SMILES string of the molecule is Nc1ccc(NC(=O)c2coc3ccccc23)c(Cl)c1. The van der Waals surface area contributed by atoms with E-state index < -0.39 is 0 Å². The normalized spacial score (nSPS) is 10.7. The molecule has 3 N–H and O–H groups in total. The number of para-hydroxylation sites is 1. The van der Waals surface area contributed by atoms with Gasteiger partial charge in [0.15, 0.2) is 0 Å². The second kappa shape index (κ2) is 4.90. The minimum Gasteiger partial charge on any atom is -0.463 e. The first-order valence-corrected chi connectivity index (χ1v) is 6.35. The quantitative estimate of drug-likeness (QED) is 0.702. The monoisotopic (exact) mass is 286 g/mol. The third-order valence-corrected chi connectivity index (χ3v) is 3.28. The highest BCUT2D eigenvalue weighted by atomic mass is 35.5. The molecule has 5 heteroatoms. The van der Waals surface area contributed by atoms with Gasteiger partial charge in [-0.1, -0.05) is 29.8 Å². The lowest BCUT2D eigenvalue weighted by molar-refractivity contribution is 0.102. The van der Waals surface area contributed by atoms with Crippen LogP contribution in [0.4, 0.5) is 11.4 Å². The number of carbonyl (C=O) groups excluding carboxylic acids is 1. The molecule has 1 amide bonds. The molecule has 3 rings (SSSR count). The number of fused-ring (bicyclic) bond motifs is 1. The Kier molecular flexibility index (Phi) is 3.08. The number of nitrogen functional groups attached to an aromatic ring is 1. The molecule has 0 saturated carbocycles. The molecule has 0 aliphatic rings. The summed E-state index contributed by atoms with van der Waals surface area (Å²) in [6, 6.07) is 12.3. The van der Waals surface area contributed by atoms with E-state index in [1.165, 1.54) is 6.26 Å². The number of furan rings is 1. The summed E-state index contributed by atoms with van der Waals surface area (Å²) >= 11 is 6.04. The van der Waals surface area contributed by atoms with E-state index in [1.54, 1.807) is 18.2 Å². The third-order valence-electron chi connectivity index (χ3n) is 2.97. The van der Waals surface area contributed by atoms with Gasteiger partial charge in [-0.15, -0.1) is 0 Å². The molecule has 0 fully saturated rings. The maximum Gasteiger partial charge on any atom is 0.259 e. The first-order valence-electron chi connectivity index (χ1n) is 5.98. The van der Waals surface area contributed by atoms with Crippen molar-refractivity contribution in [2.24, 2.45) is 0 Å². The van der Waals surface area contributed by atoms with E-state index in [1.807, 2.05) is 24.3 Å². The second-order valence-electron chi connectivity index (χ2n) is 4.34. The second-order valence-corrected chi connectivity index (χ2v) is 4.75. The van der Waals surface area contributed by atoms with Crippen molar-refractivity contribution >= 4 is 39.9 Å². The van der Waals surface area contributed by atoms with Gasteiger partial charge < -0.3 is 15.5 Å². The van der Waals surface area contributed by atoms with Gasteiger partial charge in [-0.3, -0.25) is 4.79 Å². The van der Waals surface area contributed by atoms with Crippen LogP contribution in [0.25, 0.3) is 11.0 Å². The Balaban J connectivity index is 1.93. The summed E-state index contributed by atoms with van der Waals surface area (Å²) in [6.45, 7) is 0. The molecule has 0 atom stereocenters. The molecule has 0 bridgehead atoms. The Labute approximate surface area is 120 Å². The molecule has 0 unspecified atom stereocenters. The van der Waals surface area contributed by atoms with Gasteiger partial charge in [0.05, 0.1) is 16.3 Å². The van der Waals surface area contributed by atoms with Crippen LogP contribution in [0.2, 0.25) is 5.02 Å². The van der Waals surface area contributed by atoms with Gasteiger partial charge in [0, 0.05) is 11.1 Å². The van der Waals surface area contributed by atoms with Gasteiger partial charge in [0.25, 0.3) is 5.91 Å². The first kappa shape index (κ1) is 12.6. The number of hydrogen-bond acceptors (Lipinski definition) is 3. The summed E-state index contributed by atoms with van der Waals surface area (Å²) in [5.74, 6) is -0.276. The Bertz CT molecular complexity index is 795. The van der Waals surface area contributed by atoms with Gasteiger partial charge in [0.2, 0.25) is 0 Å². The summed E-state index contributed by atoms with van der Waals surface area (Å²) in [5.41, 5.74) is 7.80. The van der Waals surface area contributed by atoms with Gasteiger partial charge in [-0.2, -0.15) is 0 Å². The fraction of sp³-hybridized carbons (Fsp3) is 0. The molecule has 0 spiro atoms. The molecular weight excluding hydrogens is 276 g/mol. The number of anilines is 2. The number of nitrogens with two attached hydrogens (primary N) is 1. The van der Waals surface area contributed by atoms with E-state index in [4.69, 9.17) is 21.8 Å². The van der Waals surface area contributed by atoms with Crippen molar-refractivity contribution < 1.29 is 9.21 Å². The molecule has 3 aromatic rings. The first-order chi connectivity index (χ1) is 9.65. The van der Waals surface area contributed by atoms with Crippen LogP contribution in [-0.2, 0) is 0 Å². The summed E-state index contributed by atoms with van der Waals surface area (Å²) < 4.78 is 5.34. The van der Waals surface area contributed by atoms with E-state index in [0.717, 1.165) is 5.39 Å². The lowest BCUT2D eigenvalue weighted by Gasteiger charge is -2.06. The van der Waals surface area contributed by atoms with Crippen LogP contribution in [0.5, 0.6) is 0 Å². The minimum absolute atomic E-state index is 0.276. The molecule has 20 heavy (non-hydrogen) atoms. The minimum atomic E-state index is -0.276. The average molecular weight is 287 g/mol. The molecule has 0 aliphatic heterocycles. The molecular formula is C15H11ClN2O2. The van der Waals surface area contributed by atoms with Crippen LogP contribution in [0.3, 0.4) is 0 Å². The standard InChI is InChI=1S/C15H11ClN2O2/c16-12-7-9(17)5-6-13(12)18-15(19)11-8-20-14-4-2-1-3-10(11)14/h1-8H,17H2,(H,18,19). The van der Waals surface area contributed by atoms with Gasteiger partial charge >= 0.3 is 0 Å². The number of nitrogens with one attached hydrogen (secondary N) is 1. The van der Waals surface area contributed by atoms with Crippen LogP contribution >= 0.6 is 11.6 Å². The fourth-order valence-corrected chi connectivity index (χ4v) is 2.21. The Morgan fingerprint density at radius 3 is 2.80 bits per heavy atom. The highest BCUT2D eigenvalue weighted by Crippen LogP contribution is 2.26. The number of halogens is 1. The predicted octanol–water partition coefficient (Wildman–Crippen LogP) is 3.92. The fourth-order valence-electron chi connectivity index (χ4n) is 1.98. The summed E-state index contributed by atoms with van der Waals surface area (Å²) in [5, 5.41) is 3.90. The van der Waals surface area contributed by atoms with E-state index in [9.17, 15) is 4.79 Å². The third kappa shape index (κ3) is 2.21. The van der Waals surface area contributed by atoms with Crippen molar-refractivity contribution in [3.8, 4) is 0 Å². The van der Waals surface area contributed by atoms with E-state index in [2.05, 4.69) is 5.32 Å². The van der Waals surface area contributed by atoms with Crippen molar-refractivity contribution in [2.75, 3.05) is 11.1 Å². The molecule has 0 aliphatic carbocycles. The maximum atomic E-state index is 12.3. The molecule has 1 heterocycles. The van der Waals surface area contributed by atoms with E-state index in [-0.39, 0.29) is 5.91 Å². The number of rotatable bonds is 2. The Hall–Kier alpha value is -2.46. The predicted molar refractivity (Wildman–Crippen MR) is 80.0 cm³/mol. The number of amides is 1. The summed E-state index contributed by atoms with van der Waals surface area (Å²) in [6.07, 6.45) is 1.44.